The van der Waals surface area contributed by atoms with E-state index in [1.807, 2.05) is 13.8 Å². The lowest BCUT2D eigenvalue weighted by molar-refractivity contribution is -0.123. The minimum Gasteiger partial charge on any atom is -0.465 e. The normalized spacial score (nSPS) is 12.2. The molecule has 3 aromatic rings. The van der Waals surface area contributed by atoms with Gasteiger partial charge in [0.2, 0.25) is 11.8 Å². The van der Waals surface area contributed by atoms with Crippen molar-refractivity contribution in [3.63, 3.8) is 0 Å². The van der Waals surface area contributed by atoms with Crippen molar-refractivity contribution >= 4 is 34.6 Å². The predicted octanol–water partition coefficient (Wildman–Crippen LogP) is 4.01. The summed E-state index contributed by atoms with van der Waals surface area (Å²) in [5.41, 5.74) is 2.33. The van der Waals surface area contributed by atoms with E-state index in [-0.39, 0.29) is 42.8 Å². The number of nitrogens with one attached hydrogen (secondary N) is 2. The van der Waals surface area contributed by atoms with Crippen LogP contribution in [0, 0.1) is 24.6 Å². The van der Waals surface area contributed by atoms with E-state index in [1.54, 1.807) is 45.4 Å². The molecule has 0 spiro atoms. The molecule has 0 aliphatic rings. The Morgan fingerprint density at radius 2 is 1.95 bits per heavy atom. The topological polar surface area (TPSA) is 141 Å². The summed E-state index contributed by atoms with van der Waals surface area (Å²) in [5, 5.41) is 12.0. The Labute approximate surface area is 244 Å². The van der Waals surface area contributed by atoms with Crippen LogP contribution >= 0.6 is 0 Å². The number of aryl methyl sites for hydroxylation is 1. The maximum absolute atomic E-state index is 14.9. The first kappa shape index (κ1) is 32.0. The summed E-state index contributed by atoms with van der Waals surface area (Å²) in [4.78, 5) is 59.7. The van der Waals surface area contributed by atoms with Crippen LogP contribution in [0.3, 0.4) is 0 Å². The van der Waals surface area contributed by atoms with Crippen LogP contribution in [-0.2, 0) is 22.6 Å². The lowest BCUT2D eigenvalue weighted by Crippen LogP contribution is -2.37. The minimum atomic E-state index is -1.19. The van der Waals surface area contributed by atoms with E-state index in [2.05, 4.69) is 15.3 Å². The Hall–Kier alpha value is -4.48. The van der Waals surface area contributed by atoms with Gasteiger partial charge in [0.25, 0.3) is 5.56 Å². The molecule has 0 saturated heterocycles. The number of hydrogen-bond acceptors (Lipinski definition) is 5. The first-order valence-electron chi connectivity index (χ1n) is 13.8. The molecule has 0 radical (unpaired) electrons. The standard InChI is InChI=1S/C30H39FN6O5/c1-18(2)14-22-26(31)19(3)32-24-15-21(33-27(22)24)17-37-13-9-11-23(29(37)40)34-28(39)20(16-36(6)30(41)42)10-7-8-12-25(38)35(4)5/h8-9,11-13,15,18,20,33H,7,10,14,16-17H2,1-6H3,(H,34,39)(H,41,42)/b12-8+/t20-/m0/s1. The highest BCUT2D eigenvalue weighted by atomic mass is 19.1. The number of anilines is 1. The maximum Gasteiger partial charge on any atom is 0.407 e. The average molecular weight is 583 g/mol. The Bertz CT molecular complexity index is 1540. The number of hydrogen-bond donors (Lipinski definition) is 3. The van der Waals surface area contributed by atoms with Crippen molar-refractivity contribution in [2.24, 2.45) is 11.8 Å². The van der Waals surface area contributed by atoms with Gasteiger partial charge in [-0.15, -0.1) is 0 Å². The Kier molecular flexibility index (Phi) is 10.6. The fourth-order valence-electron chi connectivity index (χ4n) is 4.58. The first-order valence-corrected chi connectivity index (χ1v) is 13.8. The fraction of sp³-hybridized carbons (Fsp3) is 0.433. The van der Waals surface area contributed by atoms with Crippen molar-refractivity contribution in [2.45, 2.75) is 46.6 Å². The fourth-order valence-corrected chi connectivity index (χ4v) is 4.58. The van der Waals surface area contributed by atoms with Gasteiger partial charge in [-0.1, -0.05) is 19.9 Å². The number of nitrogens with zero attached hydrogens (tertiary/aromatic N) is 4. The van der Waals surface area contributed by atoms with Crippen LogP contribution in [0.5, 0.6) is 0 Å². The third kappa shape index (κ3) is 8.05. The largest absolute Gasteiger partial charge is 0.465 e. The quantitative estimate of drug-likeness (QED) is 0.276. The SMILES string of the molecule is Cc1nc2cc(Cn3cccc(NC(=O)[C@@H](CC/C=C/C(=O)N(C)C)CN(C)C(=O)O)c3=O)[nH]c2c(CC(C)C)c1F. The van der Waals surface area contributed by atoms with E-state index >= 15 is 0 Å². The van der Waals surface area contributed by atoms with Gasteiger partial charge in [-0.3, -0.25) is 14.4 Å². The molecule has 0 saturated carbocycles. The number of fused-ring (bicyclic) bond motifs is 1. The van der Waals surface area contributed by atoms with Crippen LogP contribution in [0.1, 0.15) is 43.6 Å². The second-order valence-electron chi connectivity index (χ2n) is 11.1. The molecular weight excluding hydrogens is 543 g/mol. The number of carbonyl (C=O) groups excluding carboxylic acids is 2. The van der Waals surface area contributed by atoms with E-state index in [0.717, 1.165) is 4.90 Å². The molecule has 3 aromatic heterocycles. The van der Waals surface area contributed by atoms with Crippen molar-refractivity contribution in [1.29, 1.82) is 0 Å². The molecule has 0 bridgehead atoms. The molecule has 3 rings (SSSR count). The second kappa shape index (κ2) is 13.9. The van der Waals surface area contributed by atoms with Crippen LogP contribution in [-0.4, -0.2) is 75.0 Å². The maximum atomic E-state index is 14.9. The zero-order chi connectivity index (χ0) is 31.1. The van der Waals surface area contributed by atoms with Crippen LogP contribution in [0.4, 0.5) is 14.9 Å². The van der Waals surface area contributed by atoms with Crippen molar-refractivity contribution < 1.29 is 23.9 Å². The van der Waals surface area contributed by atoms with Gasteiger partial charge in [-0.05, 0) is 56.4 Å². The van der Waals surface area contributed by atoms with Gasteiger partial charge in [-0.2, -0.15) is 0 Å². The molecule has 226 valence electrons. The van der Waals surface area contributed by atoms with Crippen molar-refractivity contribution in [3.8, 4) is 0 Å². The van der Waals surface area contributed by atoms with Gasteiger partial charge in [0.1, 0.15) is 11.5 Å². The summed E-state index contributed by atoms with van der Waals surface area (Å²) in [6, 6.07) is 4.89. The third-order valence-electron chi connectivity index (χ3n) is 6.83. The second-order valence-corrected chi connectivity index (χ2v) is 11.1. The highest BCUT2D eigenvalue weighted by Gasteiger charge is 2.23. The first-order chi connectivity index (χ1) is 19.8. The van der Waals surface area contributed by atoms with Crippen molar-refractivity contribution in [2.75, 3.05) is 33.0 Å². The molecule has 0 fully saturated rings. The monoisotopic (exact) mass is 582 g/mol. The minimum absolute atomic E-state index is 0.0421. The highest BCUT2D eigenvalue weighted by molar-refractivity contribution is 5.92. The molecule has 11 nitrogen and oxygen atoms in total. The van der Waals surface area contributed by atoms with Gasteiger partial charge >= 0.3 is 6.09 Å². The molecule has 0 aliphatic heterocycles. The number of carboxylic acid groups (broad SMARTS) is 1. The van der Waals surface area contributed by atoms with E-state index in [0.29, 0.717) is 40.8 Å². The van der Waals surface area contributed by atoms with Gasteiger partial charge in [0.05, 0.1) is 29.2 Å². The summed E-state index contributed by atoms with van der Waals surface area (Å²) < 4.78 is 16.3. The van der Waals surface area contributed by atoms with E-state index in [1.165, 1.54) is 28.7 Å². The number of carbonyl (C=O) groups is 3. The lowest BCUT2D eigenvalue weighted by atomic mass is 10.0. The molecule has 3 N–H and O–H groups in total. The number of allylic oxidation sites excluding steroid dienone is 1. The highest BCUT2D eigenvalue weighted by Crippen LogP contribution is 2.25. The predicted molar refractivity (Wildman–Crippen MR) is 159 cm³/mol. The number of amides is 3. The summed E-state index contributed by atoms with van der Waals surface area (Å²) in [6.45, 7) is 5.70. The Balaban J connectivity index is 1.82. The number of halogens is 1. The van der Waals surface area contributed by atoms with E-state index < -0.39 is 23.5 Å². The number of pyridine rings is 2. The summed E-state index contributed by atoms with van der Waals surface area (Å²) in [5.74, 6) is -1.59. The van der Waals surface area contributed by atoms with Crippen molar-refractivity contribution in [3.05, 3.63) is 69.7 Å². The third-order valence-corrected chi connectivity index (χ3v) is 6.83. The van der Waals surface area contributed by atoms with Gasteiger partial charge in [0.15, 0.2) is 0 Å². The van der Waals surface area contributed by atoms with Gasteiger partial charge < -0.3 is 29.8 Å². The lowest BCUT2D eigenvalue weighted by Gasteiger charge is -2.21. The summed E-state index contributed by atoms with van der Waals surface area (Å²) >= 11 is 0. The smallest absolute Gasteiger partial charge is 0.407 e. The number of H-pyrrole nitrogens is 1. The molecule has 0 aliphatic carbocycles. The number of aromatic nitrogens is 3. The average Bonchev–Trinajstić information content (AvgIpc) is 3.31. The van der Waals surface area contributed by atoms with E-state index in [9.17, 15) is 28.7 Å². The molecule has 42 heavy (non-hydrogen) atoms. The zero-order valence-corrected chi connectivity index (χ0v) is 24.9. The molecule has 0 aromatic carbocycles. The molecule has 3 heterocycles. The molecule has 0 unspecified atom stereocenters. The summed E-state index contributed by atoms with van der Waals surface area (Å²) in [6.07, 6.45) is 4.58. The van der Waals surface area contributed by atoms with Gasteiger partial charge in [0, 0.05) is 45.1 Å². The van der Waals surface area contributed by atoms with Crippen LogP contribution in [0.15, 0.2) is 41.3 Å². The van der Waals surface area contributed by atoms with Crippen LogP contribution < -0.4 is 10.9 Å². The Morgan fingerprint density at radius 1 is 1.24 bits per heavy atom. The molecule has 3 amide bonds. The van der Waals surface area contributed by atoms with Gasteiger partial charge in [-0.25, -0.2) is 14.2 Å². The van der Waals surface area contributed by atoms with E-state index in [4.69, 9.17) is 0 Å². The summed E-state index contributed by atoms with van der Waals surface area (Å²) in [7, 11) is 4.60. The Morgan fingerprint density at radius 3 is 2.60 bits per heavy atom. The molecule has 1 atom stereocenters. The number of aromatic amines is 1. The zero-order valence-electron chi connectivity index (χ0n) is 24.9. The van der Waals surface area contributed by atoms with Crippen LogP contribution in [0.25, 0.3) is 11.0 Å². The molecular formula is C30H39FN6O5. The number of rotatable bonds is 12. The van der Waals surface area contributed by atoms with Crippen molar-refractivity contribution in [1.82, 2.24) is 24.3 Å². The molecule has 12 heteroatoms. The number of likely N-dealkylation sites (N-methyl/N-ethyl adjacent to an activating group) is 1. The van der Waals surface area contributed by atoms with Crippen LogP contribution in [0.2, 0.25) is 0 Å².